The third-order valence-corrected chi connectivity index (χ3v) is 7.41. The minimum absolute atomic E-state index is 0.106. The van der Waals surface area contributed by atoms with Crippen LogP contribution in [0.3, 0.4) is 0 Å². The first kappa shape index (κ1) is 23.0. The Morgan fingerprint density at radius 2 is 1.81 bits per heavy atom. The molecule has 1 aromatic heterocycles. The van der Waals surface area contributed by atoms with E-state index in [2.05, 4.69) is 64.7 Å². The van der Waals surface area contributed by atoms with Gasteiger partial charge in [-0.05, 0) is 50.3 Å². The first-order valence-electron chi connectivity index (χ1n) is 12.1. The van der Waals surface area contributed by atoms with Gasteiger partial charge >= 0.3 is 0 Å². The Hall–Kier alpha value is -2.15. The number of aryl methyl sites for hydroxylation is 2. The number of aliphatic hydroxyl groups is 1. The van der Waals surface area contributed by atoms with Crippen LogP contribution >= 0.6 is 0 Å². The number of hydrogen-bond acceptors (Lipinski definition) is 6. The summed E-state index contributed by atoms with van der Waals surface area (Å²) >= 11 is 0. The molecular formula is C26H39N5O. The standard InChI is InChI=1S/C26H39N5O/c1-4-23-17-30(26-20(3)15-22(27)16-28-26)13-14-31(23)24-9-11-29(12-10-24)25(18-32)21-7-5-19(2)6-8-21/h5-8,15-16,23-25,32H,4,9-14,17-18,27H2,1-3H3. The molecule has 32 heavy (non-hydrogen) atoms. The molecule has 0 amide bonds. The highest BCUT2D eigenvalue weighted by Gasteiger charge is 2.35. The first-order chi connectivity index (χ1) is 15.5. The van der Waals surface area contributed by atoms with Crippen molar-refractivity contribution in [2.45, 2.75) is 58.2 Å². The van der Waals surface area contributed by atoms with Gasteiger partial charge in [0, 0.05) is 44.8 Å². The van der Waals surface area contributed by atoms with E-state index in [0.29, 0.717) is 12.1 Å². The van der Waals surface area contributed by atoms with E-state index in [1.807, 2.05) is 6.07 Å². The molecule has 174 valence electrons. The predicted molar refractivity (Wildman–Crippen MR) is 132 cm³/mol. The number of piperidine rings is 1. The maximum atomic E-state index is 10.1. The van der Waals surface area contributed by atoms with Gasteiger partial charge in [0.15, 0.2) is 0 Å². The Morgan fingerprint density at radius 1 is 1.09 bits per heavy atom. The summed E-state index contributed by atoms with van der Waals surface area (Å²) in [5.74, 6) is 1.08. The van der Waals surface area contributed by atoms with Gasteiger partial charge in [-0.2, -0.15) is 0 Å². The molecule has 2 aliphatic heterocycles. The lowest BCUT2D eigenvalue weighted by atomic mass is 9.95. The second-order valence-electron chi connectivity index (χ2n) is 9.53. The molecular weight excluding hydrogens is 398 g/mol. The van der Waals surface area contributed by atoms with Gasteiger partial charge in [0.1, 0.15) is 5.82 Å². The van der Waals surface area contributed by atoms with Crippen LogP contribution in [0.15, 0.2) is 36.5 Å². The van der Waals surface area contributed by atoms with E-state index in [9.17, 15) is 5.11 Å². The Morgan fingerprint density at radius 3 is 2.44 bits per heavy atom. The summed E-state index contributed by atoms with van der Waals surface area (Å²) in [6.07, 6.45) is 5.25. The molecule has 2 aromatic rings. The van der Waals surface area contributed by atoms with Gasteiger partial charge in [-0.3, -0.25) is 9.80 Å². The van der Waals surface area contributed by atoms with Crippen LogP contribution in [-0.2, 0) is 0 Å². The molecule has 2 unspecified atom stereocenters. The lowest BCUT2D eigenvalue weighted by Gasteiger charge is -2.48. The molecule has 4 rings (SSSR count). The number of aromatic nitrogens is 1. The van der Waals surface area contributed by atoms with Crippen LogP contribution in [-0.4, -0.2) is 71.3 Å². The van der Waals surface area contributed by atoms with Crippen molar-refractivity contribution >= 4 is 11.5 Å². The van der Waals surface area contributed by atoms with Crippen LogP contribution < -0.4 is 10.6 Å². The Labute approximate surface area is 193 Å². The molecule has 6 heteroatoms. The number of nitrogens with two attached hydrogens (primary N) is 1. The second kappa shape index (κ2) is 10.2. The SMILES string of the molecule is CCC1CN(c2ncc(N)cc2C)CCN1C1CCN(C(CO)c2ccc(C)cc2)CC1. The number of likely N-dealkylation sites (tertiary alicyclic amines) is 1. The number of pyridine rings is 1. The lowest BCUT2D eigenvalue weighted by molar-refractivity contribution is 0.0356. The average molecular weight is 438 g/mol. The molecule has 2 saturated heterocycles. The Kier molecular flexibility index (Phi) is 7.33. The van der Waals surface area contributed by atoms with Crippen molar-refractivity contribution in [3.8, 4) is 0 Å². The molecule has 6 nitrogen and oxygen atoms in total. The smallest absolute Gasteiger partial charge is 0.131 e. The topological polar surface area (TPSA) is 68.9 Å². The van der Waals surface area contributed by atoms with Gasteiger partial charge in [-0.15, -0.1) is 0 Å². The molecule has 0 aliphatic carbocycles. The zero-order valence-corrected chi connectivity index (χ0v) is 19.9. The van der Waals surface area contributed by atoms with Crippen LogP contribution in [0.1, 0.15) is 48.9 Å². The van der Waals surface area contributed by atoms with Gasteiger partial charge < -0.3 is 15.7 Å². The zero-order chi connectivity index (χ0) is 22.7. The third-order valence-electron chi connectivity index (χ3n) is 7.41. The maximum Gasteiger partial charge on any atom is 0.131 e. The van der Waals surface area contributed by atoms with Crippen LogP contribution in [0.25, 0.3) is 0 Å². The van der Waals surface area contributed by atoms with Crippen molar-refractivity contribution in [1.82, 2.24) is 14.8 Å². The molecule has 0 saturated carbocycles. The van der Waals surface area contributed by atoms with E-state index in [1.54, 1.807) is 6.20 Å². The summed E-state index contributed by atoms with van der Waals surface area (Å²) in [6.45, 7) is 11.9. The number of piperazine rings is 1. The predicted octanol–water partition coefficient (Wildman–Crippen LogP) is 3.38. The van der Waals surface area contributed by atoms with E-state index in [-0.39, 0.29) is 12.6 Å². The highest BCUT2D eigenvalue weighted by Crippen LogP contribution is 2.30. The fourth-order valence-corrected chi connectivity index (χ4v) is 5.58. The number of hydrogen-bond donors (Lipinski definition) is 2. The minimum Gasteiger partial charge on any atom is -0.397 e. The van der Waals surface area contributed by atoms with E-state index in [0.717, 1.165) is 69.1 Å². The molecule has 2 fully saturated rings. The van der Waals surface area contributed by atoms with Gasteiger partial charge in [0.2, 0.25) is 0 Å². The number of rotatable bonds is 6. The lowest BCUT2D eigenvalue weighted by Crippen LogP contribution is -2.58. The summed E-state index contributed by atoms with van der Waals surface area (Å²) in [5, 5.41) is 10.1. The number of aliphatic hydroxyl groups excluding tert-OH is 1. The third kappa shape index (κ3) is 4.92. The fraction of sp³-hybridized carbons (Fsp3) is 0.577. The summed E-state index contributed by atoms with van der Waals surface area (Å²) in [4.78, 5) is 12.3. The van der Waals surface area contributed by atoms with Crippen LogP contribution in [0.4, 0.5) is 11.5 Å². The molecule has 0 spiro atoms. The van der Waals surface area contributed by atoms with Gasteiger partial charge in [-0.25, -0.2) is 4.98 Å². The Balaban J connectivity index is 1.37. The Bertz CT molecular complexity index is 878. The summed E-state index contributed by atoms with van der Waals surface area (Å²) < 4.78 is 0. The quantitative estimate of drug-likeness (QED) is 0.722. The largest absolute Gasteiger partial charge is 0.397 e. The first-order valence-corrected chi connectivity index (χ1v) is 12.1. The average Bonchev–Trinajstić information content (AvgIpc) is 2.81. The molecule has 2 atom stereocenters. The van der Waals surface area contributed by atoms with Crippen molar-refractivity contribution in [1.29, 1.82) is 0 Å². The normalized spacial score (nSPS) is 22.2. The fourth-order valence-electron chi connectivity index (χ4n) is 5.58. The molecule has 2 aliphatic rings. The summed E-state index contributed by atoms with van der Waals surface area (Å²) in [6, 6.07) is 11.9. The summed E-state index contributed by atoms with van der Waals surface area (Å²) in [7, 11) is 0. The van der Waals surface area contributed by atoms with Gasteiger partial charge in [-0.1, -0.05) is 36.8 Å². The van der Waals surface area contributed by atoms with Crippen LogP contribution in [0.5, 0.6) is 0 Å². The van der Waals surface area contributed by atoms with E-state index in [4.69, 9.17) is 5.73 Å². The molecule has 3 heterocycles. The molecule has 3 N–H and O–H groups in total. The van der Waals surface area contributed by atoms with Crippen molar-refractivity contribution in [3.05, 3.63) is 53.2 Å². The number of benzene rings is 1. The highest BCUT2D eigenvalue weighted by molar-refractivity contribution is 5.53. The van der Waals surface area contributed by atoms with Crippen molar-refractivity contribution in [3.63, 3.8) is 0 Å². The minimum atomic E-state index is 0.106. The van der Waals surface area contributed by atoms with Gasteiger partial charge in [0.25, 0.3) is 0 Å². The van der Waals surface area contributed by atoms with Crippen LogP contribution in [0, 0.1) is 13.8 Å². The number of nitrogen functional groups attached to an aromatic ring is 1. The van der Waals surface area contributed by atoms with Crippen molar-refractivity contribution < 1.29 is 5.11 Å². The monoisotopic (exact) mass is 437 g/mol. The molecule has 1 aromatic carbocycles. The van der Waals surface area contributed by atoms with Gasteiger partial charge in [0.05, 0.1) is 24.5 Å². The van der Waals surface area contributed by atoms with E-state index >= 15 is 0 Å². The number of anilines is 2. The summed E-state index contributed by atoms with van der Waals surface area (Å²) in [5.41, 5.74) is 10.3. The van der Waals surface area contributed by atoms with Crippen molar-refractivity contribution in [2.75, 3.05) is 50.0 Å². The molecule has 0 bridgehead atoms. The second-order valence-corrected chi connectivity index (χ2v) is 9.53. The van der Waals surface area contributed by atoms with Crippen LogP contribution in [0.2, 0.25) is 0 Å². The van der Waals surface area contributed by atoms with E-state index < -0.39 is 0 Å². The maximum absolute atomic E-state index is 10.1. The molecule has 0 radical (unpaired) electrons. The highest BCUT2D eigenvalue weighted by atomic mass is 16.3. The van der Waals surface area contributed by atoms with Crippen molar-refractivity contribution in [2.24, 2.45) is 0 Å². The number of nitrogens with zero attached hydrogens (tertiary/aromatic N) is 4. The zero-order valence-electron chi connectivity index (χ0n) is 19.9. The van der Waals surface area contributed by atoms with E-state index in [1.165, 1.54) is 11.1 Å².